The van der Waals surface area contributed by atoms with Crippen LogP contribution in [0.3, 0.4) is 0 Å². The Labute approximate surface area is 200 Å². The number of carbonyl (C=O) groups is 2. The number of morpholine rings is 1. The predicted molar refractivity (Wildman–Crippen MR) is 130 cm³/mol. The zero-order valence-electron chi connectivity index (χ0n) is 19.5. The van der Waals surface area contributed by atoms with Gasteiger partial charge in [-0.2, -0.15) is 0 Å². The molecule has 1 aliphatic rings. The highest BCUT2D eigenvalue weighted by molar-refractivity contribution is 5.97. The SMILES string of the molecule is COC(=O)[C@@H](NC(=O)c1ccc(/C=C/C#Cc2ccc(CN3CCOCC3)cc2)cc1)[C@@H](C)O. The second-order valence-corrected chi connectivity index (χ2v) is 8.03. The smallest absolute Gasteiger partial charge is 0.331 e. The van der Waals surface area contributed by atoms with Gasteiger partial charge in [0.25, 0.3) is 5.91 Å². The second kappa shape index (κ2) is 12.7. The summed E-state index contributed by atoms with van der Waals surface area (Å²) in [5, 5.41) is 12.2. The highest BCUT2D eigenvalue weighted by Crippen LogP contribution is 2.10. The molecule has 1 aliphatic heterocycles. The molecule has 0 aliphatic carbocycles. The van der Waals surface area contributed by atoms with E-state index in [9.17, 15) is 14.7 Å². The van der Waals surface area contributed by atoms with E-state index in [0.717, 1.165) is 44.0 Å². The van der Waals surface area contributed by atoms with Crippen molar-refractivity contribution in [2.24, 2.45) is 0 Å². The Hall–Kier alpha value is -3.44. The van der Waals surface area contributed by atoms with Crippen LogP contribution in [0.25, 0.3) is 6.08 Å². The lowest BCUT2D eigenvalue weighted by atomic mass is 10.1. The minimum atomic E-state index is -1.12. The second-order valence-electron chi connectivity index (χ2n) is 8.03. The first kappa shape index (κ1) is 25.2. The third kappa shape index (κ3) is 7.56. The number of aliphatic hydroxyl groups excluding tert-OH is 1. The maximum atomic E-state index is 12.4. The van der Waals surface area contributed by atoms with Crippen molar-refractivity contribution in [2.45, 2.75) is 25.6 Å². The first-order chi connectivity index (χ1) is 16.5. The lowest BCUT2D eigenvalue weighted by molar-refractivity contribution is -0.145. The lowest BCUT2D eigenvalue weighted by Crippen LogP contribution is -2.48. The maximum Gasteiger partial charge on any atom is 0.331 e. The molecule has 2 aromatic rings. The molecule has 2 aromatic carbocycles. The minimum absolute atomic E-state index is 0.370. The molecule has 1 fully saturated rings. The summed E-state index contributed by atoms with van der Waals surface area (Å²) in [7, 11) is 1.20. The molecule has 0 aromatic heterocycles. The van der Waals surface area contributed by atoms with Crippen molar-refractivity contribution in [1.82, 2.24) is 10.2 Å². The number of aliphatic hydroxyl groups is 1. The van der Waals surface area contributed by atoms with E-state index in [0.29, 0.717) is 5.56 Å². The fourth-order valence-electron chi connectivity index (χ4n) is 3.45. The van der Waals surface area contributed by atoms with Crippen LogP contribution in [0.5, 0.6) is 0 Å². The predicted octanol–water partition coefficient (Wildman–Crippen LogP) is 2.24. The van der Waals surface area contributed by atoms with Gasteiger partial charge in [-0.25, -0.2) is 4.79 Å². The van der Waals surface area contributed by atoms with Gasteiger partial charge in [0.2, 0.25) is 0 Å². The van der Waals surface area contributed by atoms with E-state index >= 15 is 0 Å². The van der Waals surface area contributed by atoms with Crippen LogP contribution in [0.15, 0.2) is 54.6 Å². The highest BCUT2D eigenvalue weighted by Gasteiger charge is 2.26. The minimum Gasteiger partial charge on any atom is -0.467 e. The van der Waals surface area contributed by atoms with Gasteiger partial charge < -0.3 is 19.9 Å². The quantitative estimate of drug-likeness (QED) is 0.485. The van der Waals surface area contributed by atoms with Gasteiger partial charge in [-0.05, 0) is 54.5 Å². The Morgan fingerprint density at radius 3 is 2.44 bits per heavy atom. The summed E-state index contributed by atoms with van der Waals surface area (Å²) in [4.78, 5) is 26.4. The summed E-state index contributed by atoms with van der Waals surface area (Å²) in [5.41, 5.74) is 3.46. The van der Waals surface area contributed by atoms with Crippen molar-refractivity contribution >= 4 is 18.0 Å². The van der Waals surface area contributed by atoms with Crippen LogP contribution < -0.4 is 5.32 Å². The molecular formula is C27H30N2O5. The Kier molecular flexibility index (Phi) is 9.41. The van der Waals surface area contributed by atoms with Gasteiger partial charge in [-0.1, -0.05) is 36.1 Å². The maximum absolute atomic E-state index is 12.4. The van der Waals surface area contributed by atoms with Gasteiger partial charge in [-0.3, -0.25) is 9.69 Å². The number of allylic oxidation sites excluding steroid dienone is 1. The molecule has 34 heavy (non-hydrogen) atoms. The highest BCUT2D eigenvalue weighted by atomic mass is 16.5. The van der Waals surface area contributed by atoms with Crippen LogP contribution in [0, 0.1) is 11.8 Å². The summed E-state index contributed by atoms with van der Waals surface area (Å²) >= 11 is 0. The molecule has 0 spiro atoms. The van der Waals surface area contributed by atoms with E-state index in [1.54, 1.807) is 30.3 Å². The van der Waals surface area contributed by atoms with Crippen LogP contribution in [0.2, 0.25) is 0 Å². The Morgan fingerprint density at radius 2 is 1.82 bits per heavy atom. The standard InChI is InChI=1S/C27H30N2O5/c1-20(30)25(27(32)33-2)28-26(31)24-13-11-22(12-14-24)6-4-3-5-21-7-9-23(10-8-21)19-29-15-17-34-18-16-29/h4,6-14,20,25,30H,15-19H2,1-2H3,(H,28,31)/b6-4+/t20-,25+/m1/s1. The van der Waals surface area contributed by atoms with Crippen molar-refractivity contribution in [1.29, 1.82) is 0 Å². The fraction of sp³-hybridized carbons (Fsp3) is 0.333. The molecular weight excluding hydrogens is 432 g/mol. The zero-order valence-corrected chi connectivity index (χ0v) is 19.5. The first-order valence-electron chi connectivity index (χ1n) is 11.2. The number of hydrogen-bond donors (Lipinski definition) is 2. The average Bonchev–Trinajstić information content (AvgIpc) is 2.86. The van der Waals surface area contributed by atoms with Gasteiger partial charge in [0.05, 0.1) is 26.4 Å². The van der Waals surface area contributed by atoms with Crippen molar-refractivity contribution in [3.63, 3.8) is 0 Å². The molecule has 0 radical (unpaired) electrons. The van der Waals surface area contributed by atoms with E-state index < -0.39 is 24.0 Å². The zero-order chi connectivity index (χ0) is 24.3. The van der Waals surface area contributed by atoms with Crippen molar-refractivity contribution in [3.8, 4) is 11.8 Å². The molecule has 2 atom stereocenters. The van der Waals surface area contributed by atoms with Crippen LogP contribution in [0.4, 0.5) is 0 Å². The monoisotopic (exact) mass is 462 g/mol. The number of benzene rings is 2. The topological polar surface area (TPSA) is 88.1 Å². The average molecular weight is 463 g/mol. The number of carbonyl (C=O) groups excluding carboxylic acids is 2. The summed E-state index contributed by atoms with van der Waals surface area (Å²) in [6.07, 6.45) is 2.55. The molecule has 178 valence electrons. The van der Waals surface area contributed by atoms with Crippen molar-refractivity contribution < 1.29 is 24.2 Å². The molecule has 2 N–H and O–H groups in total. The number of methoxy groups -OCH3 is 1. The number of rotatable bonds is 7. The van der Waals surface area contributed by atoms with Gasteiger partial charge in [0.1, 0.15) is 0 Å². The largest absolute Gasteiger partial charge is 0.467 e. The number of hydrogen-bond acceptors (Lipinski definition) is 6. The van der Waals surface area contributed by atoms with E-state index in [4.69, 9.17) is 4.74 Å². The number of nitrogens with one attached hydrogen (secondary N) is 1. The summed E-state index contributed by atoms with van der Waals surface area (Å²) in [5.74, 6) is 4.98. The molecule has 7 heteroatoms. The third-order valence-electron chi connectivity index (χ3n) is 5.44. The number of amides is 1. The lowest BCUT2D eigenvalue weighted by Gasteiger charge is -2.26. The molecule has 1 heterocycles. The Bertz CT molecular complexity index is 1040. The van der Waals surface area contributed by atoms with Gasteiger partial charge in [0.15, 0.2) is 6.04 Å². The fourth-order valence-corrected chi connectivity index (χ4v) is 3.45. The van der Waals surface area contributed by atoms with Crippen molar-refractivity contribution in [3.05, 3.63) is 76.9 Å². The third-order valence-corrected chi connectivity index (χ3v) is 5.44. The van der Waals surface area contributed by atoms with Gasteiger partial charge in [0, 0.05) is 30.8 Å². The molecule has 7 nitrogen and oxygen atoms in total. The van der Waals surface area contributed by atoms with Crippen LogP contribution >= 0.6 is 0 Å². The molecule has 0 bridgehead atoms. The molecule has 0 unspecified atom stereocenters. The van der Waals surface area contributed by atoms with Gasteiger partial charge >= 0.3 is 5.97 Å². The van der Waals surface area contributed by atoms with E-state index in [-0.39, 0.29) is 0 Å². The number of esters is 1. The number of nitrogens with zero attached hydrogens (tertiary/aromatic N) is 1. The van der Waals surface area contributed by atoms with Crippen LogP contribution in [0.1, 0.15) is 34.0 Å². The molecule has 1 saturated heterocycles. The molecule has 3 rings (SSSR count). The van der Waals surface area contributed by atoms with Gasteiger partial charge in [-0.15, -0.1) is 0 Å². The number of ether oxygens (including phenoxy) is 2. The van der Waals surface area contributed by atoms with E-state index in [2.05, 4.69) is 38.9 Å². The summed E-state index contributed by atoms with van der Waals surface area (Å²) in [6.45, 7) is 5.86. The van der Waals surface area contributed by atoms with Crippen LogP contribution in [-0.4, -0.2) is 67.4 Å². The van der Waals surface area contributed by atoms with E-state index in [1.807, 2.05) is 18.2 Å². The Morgan fingerprint density at radius 1 is 1.15 bits per heavy atom. The summed E-state index contributed by atoms with van der Waals surface area (Å²) in [6, 6.07) is 14.0. The molecule has 1 amide bonds. The first-order valence-corrected chi connectivity index (χ1v) is 11.2. The van der Waals surface area contributed by atoms with Crippen molar-refractivity contribution in [2.75, 3.05) is 33.4 Å². The van der Waals surface area contributed by atoms with E-state index in [1.165, 1.54) is 19.6 Å². The molecule has 0 saturated carbocycles. The Balaban J connectivity index is 1.52. The summed E-state index contributed by atoms with van der Waals surface area (Å²) < 4.78 is 10.00. The van der Waals surface area contributed by atoms with Crippen LogP contribution in [-0.2, 0) is 20.8 Å². The normalized spacial score (nSPS) is 15.7.